The molecule has 0 N–H and O–H groups in total. The number of rotatable bonds is 4. The van der Waals surface area contributed by atoms with E-state index in [4.69, 9.17) is 16.3 Å². The van der Waals surface area contributed by atoms with Gasteiger partial charge in [0.05, 0.1) is 7.11 Å². The molecule has 0 saturated heterocycles. The van der Waals surface area contributed by atoms with E-state index in [1.165, 1.54) is 31.4 Å². The fourth-order valence-corrected chi connectivity index (χ4v) is 2.19. The highest BCUT2D eigenvalue weighted by atomic mass is 35.5. The summed E-state index contributed by atoms with van der Waals surface area (Å²) in [6, 6.07) is 5.28. The SMILES string of the molecule is COC(=O)C1(Oc2nc(-c3ccc(F)cc3)nc(Cl)c2F)CC1. The van der Waals surface area contributed by atoms with E-state index in [9.17, 15) is 13.6 Å². The first-order valence-electron chi connectivity index (χ1n) is 6.71. The van der Waals surface area contributed by atoms with E-state index in [1.807, 2.05) is 0 Å². The first kappa shape index (κ1) is 15.6. The van der Waals surface area contributed by atoms with Crippen molar-refractivity contribution in [1.29, 1.82) is 0 Å². The van der Waals surface area contributed by atoms with Crippen molar-refractivity contribution in [2.24, 2.45) is 0 Å². The minimum atomic E-state index is -1.23. The zero-order valence-electron chi connectivity index (χ0n) is 12.0. The molecule has 1 fully saturated rings. The third-order valence-electron chi connectivity index (χ3n) is 3.44. The highest BCUT2D eigenvalue weighted by Crippen LogP contribution is 2.42. The molecule has 23 heavy (non-hydrogen) atoms. The molecule has 1 heterocycles. The molecule has 8 heteroatoms. The number of carbonyl (C=O) groups is 1. The van der Waals surface area contributed by atoms with Gasteiger partial charge in [0.1, 0.15) is 5.82 Å². The standard InChI is InChI=1S/C15H11ClF2N2O3/c1-22-14(21)15(6-7-15)23-13-10(18)11(16)19-12(20-13)8-2-4-9(17)5-3-8/h2-5H,6-7H2,1H3. The maximum absolute atomic E-state index is 14.1. The predicted molar refractivity (Wildman–Crippen MR) is 77.0 cm³/mol. The van der Waals surface area contributed by atoms with Crippen molar-refractivity contribution in [1.82, 2.24) is 9.97 Å². The average molecular weight is 341 g/mol. The number of nitrogens with zero attached hydrogens (tertiary/aromatic N) is 2. The van der Waals surface area contributed by atoms with E-state index >= 15 is 0 Å². The van der Waals surface area contributed by atoms with Gasteiger partial charge in [-0.05, 0) is 24.3 Å². The van der Waals surface area contributed by atoms with Crippen LogP contribution in [0.3, 0.4) is 0 Å². The summed E-state index contributed by atoms with van der Waals surface area (Å²) in [5.74, 6) is -2.37. The Labute approximate surface area is 135 Å². The Kier molecular flexibility index (Phi) is 3.89. The number of halogens is 3. The van der Waals surface area contributed by atoms with Crippen molar-refractivity contribution in [3.8, 4) is 17.3 Å². The Bertz CT molecular complexity index is 764. The van der Waals surface area contributed by atoms with Crippen molar-refractivity contribution in [3.05, 3.63) is 41.1 Å². The molecule has 1 aromatic carbocycles. The number of esters is 1. The topological polar surface area (TPSA) is 61.3 Å². The van der Waals surface area contributed by atoms with Crippen molar-refractivity contribution >= 4 is 17.6 Å². The van der Waals surface area contributed by atoms with Crippen LogP contribution in [-0.2, 0) is 9.53 Å². The summed E-state index contributed by atoms with van der Waals surface area (Å²) in [7, 11) is 1.22. The maximum atomic E-state index is 14.1. The lowest BCUT2D eigenvalue weighted by molar-refractivity contribution is -0.151. The minimum Gasteiger partial charge on any atom is -0.466 e. The summed E-state index contributed by atoms with van der Waals surface area (Å²) < 4.78 is 37.1. The van der Waals surface area contributed by atoms with Crippen LogP contribution in [0.15, 0.2) is 24.3 Å². The Hall–Kier alpha value is -2.28. The molecular formula is C15H11ClF2N2O3. The van der Waals surface area contributed by atoms with Crippen LogP contribution < -0.4 is 4.74 Å². The molecule has 1 aliphatic rings. The lowest BCUT2D eigenvalue weighted by Gasteiger charge is -2.16. The molecule has 120 valence electrons. The molecule has 5 nitrogen and oxygen atoms in total. The highest BCUT2D eigenvalue weighted by molar-refractivity contribution is 6.29. The van der Waals surface area contributed by atoms with Gasteiger partial charge in [0, 0.05) is 18.4 Å². The van der Waals surface area contributed by atoms with E-state index in [1.54, 1.807) is 0 Å². The van der Waals surface area contributed by atoms with Gasteiger partial charge in [-0.2, -0.15) is 9.37 Å². The quantitative estimate of drug-likeness (QED) is 0.632. The molecule has 0 spiro atoms. The number of hydrogen-bond donors (Lipinski definition) is 0. The smallest absolute Gasteiger partial charge is 0.350 e. The molecule has 1 saturated carbocycles. The third-order valence-corrected chi connectivity index (χ3v) is 3.69. The van der Waals surface area contributed by atoms with Crippen LogP contribution in [0.5, 0.6) is 5.88 Å². The molecule has 2 aromatic rings. The molecular weight excluding hydrogens is 330 g/mol. The second kappa shape index (κ2) is 5.73. The Morgan fingerprint density at radius 1 is 1.22 bits per heavy atom. The molecule has 1 aliphatic carbocycles. The summed E-state index contributed by atoms with van der Waals surface area (Å²) in [5, 5.41) is -0.449. The molecule has 1 aromatic heterocycles. The molecule has 0 bridgehead atoms. The third kappa shape index (κ3) is 2.96. The number of benzene rings is 1. The van der Waals surface area contributed by atoms with Crippen molar-refractivity contribution < 1.29 is 23.0 Å². The lowest BCUT2D eigenvalue weighted by atomic mass is 10.2. The average Bonchev–Trinajstić information content (AvgIpc) is 3.32. The van der Waals surface area contributed by atoms with Crippen LogP contribution in [0.25, 0.3) is 11.4 Å². The molecule has 3 rings (SSSR count). The summed E-state index contributed by atoms with van der Waals surface area (Å²) in [5.41, 5.74) is -0.797. The fraction of sp³-hybridized carbons (Fsp3) is 0.267. The van der Waals surface area contributed by atoms with Crippen LogP contribution >= 0.6 is 11.6 Å². The second-order valence-corrected chi connectivity index (χ2v) is 5.41. The van der Waals surface area contributed by atoms with Crippen molar-refractivity contribution in [2.75, 3.05) is 7.11 Å². The molecule has 0 amide bonds. The minimum absolute atomic E-state index is 0.0621. The first-order valence-corrected chi connectivity index (χ1v) is 7.09. The van der Waals surface area contributed by atoms with Gasteiger partial charge in [-0.25, -0.2) is 14.2 Å². The first-order chi connectivity index (χ1) is 10.9. The van der Waals surface area contributed by atoms with E-state index in [0.717, 1.165) is 0 Å². The van der Waals surface area contributed by atoms with Crippen molar-refractivity contribution in [3.63, 3.8) is 0 Å². The lowest BCUT2D eigenvalue weighted by Crippen LogP contribution is -2.31. The summed E-state index contributed by atoms with van der Waals surface area (Å²) in [6.07, 6.45) is 0.791. The number of ether oxygens (including phenoxy) is 2. The van der Waals surface area contributed by atoms with Gasteiger partial charge in [-0.1, -0.05) is 11.6 Å². The number of carbonyl (C=O) groups excluding carboxylic acids is 1. The van der Waals surface area contributed by atoms with Gasteiger partial charge >= 0.3 is 5.97 Å². The number of hydrogen-bond acceptors (Lipinski definition) is 5. The van der Waals surface area contributed by atoms with Crippen LogP contribution in [-0.4, -0.2) is 28.6 Å². The molecule has 0 radical (unpaired) electrons. The van der Waals surface area contributed by atoms with Gasteiger partial charge in [0.2, 0.25) is 11.4 Å². The molecule has 0 unspecified atom stereocenters. The number of methoxy groups -OCH3 is 1. The maximum Gasteiger partial charge on any atom is 0.350 e. The van der Waals surface area contributed by atoms with E-state index in [2.05, 4.69) is 14.7 Å². The highest BCUT2D eigenvalue weighted by Gasteiger charge is 2.55. The summed E-state index contributed by atoms with van der Waals surface area (Å²) >= 11 is 5.77. The van der Waals surface area contributed by atoms with Gasteiger partial charge in [0.25, 0.3) is 5.88 Å². The Morgan fingerprint density at radius 2 is 1.87 bits per heavy atom. The molecule has 0 atom stereocenters. The Morgan fingerprint density at radius 3 is 2.43 bits per heavy atom. The van der Waals surface area contributed by atoms with E-state index in [-0.39, 0.29) is 5.82 Å². The summed E-state index contributed by atoms with van der Waals surface area (Å²) in [4.78, 5) is 19.5. The fourth-order valence-electron chi connectivity index (χ4n) is 2.03. The van der Waals surface area contributed by atoms with Gasteiger partial charge < -0.3 is 9.47 Å². The van der Waals surface area contributed by atoms with Crippen molar-refractivity contribution in [2.45, 2.75) is 18.4 Å². The van der Waals surface area contributed by atoms with Crippen LogP contribution in [0.4, 0.5) is 8.78 Å². The Balaban J connectivity index is 1.97. The zero-order valence-corrected chi connectivity index (χ0v) is 12.7. The zero-order chi connectivity index (χ0) is 16.6. The largest absolute Gasteiger partial charge is 0.466 e. The number of aromatic nitrogens is 2. The van der Waals surface area contributed by atoms with E-state index < -0.39 is 34.2 Å². The normalized spacial score (nSPS) is 15.1. The van der Waals surface area contributed by atoms with Gasteiger partial charge in [0.15, 0.2) is 11.0 Å². The van der Waals surface area contributed by atoms with Crippen LogP contribution in [0, 0.1) is 11.6 Å². The van der Waals surface area contributed by atoms with Gasteiger partial charge in [-0.3, -0.25) is 0 Å². The van der Waals surface area contributed by atoms with Gasteiger partial charge in [-0.15, -0.1) is 0 Å². The van der Waals surface area contributed by atoms with E-state index in [0.29, 0.717) is 18.4 Å². The second-order valence-electron chi connectivity index (χ2n) is 5.05. The monoisotopic (exact) mass is 340 g/mol. The summed E-state index contributed by atoms with van der Waals surface area (Å²) in [6.45, 7) is 0. The van der Waals surface area contributed by atoms with Crippen LogP contribution in [0.1, 0.15) is 12.8 Å². The predicted octanol–water partition coefficient (Wildman–Crippen LogP) is 3.16. The van der Waals surface area contributed by atoms with Crippen LogP contribution in [0.2, 0.25) is 5.15 Å². The molecule has 0 aliphatic heterocycles.